The molecule has 1 aromatic rings. The lowest BCUT2D eigenvalue weighted by Crippen LogP contribution is -2.36. The zero-order valence-corrected chi connectivity index (χ0v) is 9.72. The number of nitrogens with zero attached hydrogens (tertiary/aromatic N) is 2. The maximum Gasteiger partial charge on any atom is 0.0595 e. The van der Waals surface area contributed by atoms with E-state index < -0.39 is 0 Å². The van der Waals surface area contributed by atoms with E-state index in [2.05, 4.69) is 9.88 Å². The topological polar surface area (TPSA) is 51.4 Å². The molecule has 0 aromatic carbocycles. The van der Waals surface area contributed by atoms with Gasteiger partial charge in [-0.15, -0.1) is 0 Å². The van der Waals surface area contributed by atoms with Crippen LogP contribution in [0.3, 0.4) is 0 Å². The SMILES string of the molecule is COC1CCN(Cc2ccc(N)cn2)CC1. The van der Waals surface area contributed by atoms with Crippen molar-refractivity contribution in [1.82, 2.24) is 9.88 Å². The van der Waals surface area contributed by atoms with Gasteiger partial charge in [0.25, 0.3) is 0 Å². The molecular weight excluding hydrogens is 202 g/mol. The van der Waals surface area contributed by atoms with Gasteiger partial charge in [0.1, 0.15) is 0 Å². The molecule has 1 aromatic heterocycles. The highest BCUT2D eigenvalue weighted by molar-refractivity contribution is 5.34. The highest BCUT2D eigenvalue weighted by atomic mass is 16.5. The van der Waals surface area contributed by atoms with Gasteiger partial charge in [-0.1, -0.05) is 0 Å². The van der Waals surface area contributed by atoms with Gasteiger partial charge in [0.05, 0.1) is 23.7 Å². The maximum atomic E-state index is 5.60. The van der Waals surface area contributed by atoms with E-state index in [0.29, 0.717) is 6.10 Å². The molecule has 0 unspecified atom stereocenters. The number of aromatic nitrogens is 1. The zero-order valence-electron chi connectivity index (χ0n) is 9.72. The van der Waals surface area contributed by atoms with Gasteiger partial charge in [0.2, 0.25) is 0 Å². The first-order valence-electron chi connectivity index (χ1n) is 5.73. The van der Waals surface area contributed by atoms with Crippen molar-refractivity contribution in [2.75, 3.05) is 25.9 Å². The lowest BCUT2D eigenvalue weighted by Gasteiger charge is -2.30. The normalized spacial score (nSPS) is 18.8. The van der Waals surface area contributed by atoms with E-state index in [9.17, 15) is 0 Å². The van der Waals surface area contributed by atoms with Crippen LogP contribution in [0.5, 0.6) is 0 Å². The first kappa shape index (κ1) is 11.4. The largest absolute Gasteiger partial charge is 0.397 e. The molecule has 2 rings (SSSR count). The summed E-state index contributed by atoms with van der Waals surface area (Å²) in [6.45, 7) is 3.09. The lowest BCUT2D eigenvalue weighted by molar-refractivity contribution is 0.0385. The van der Waals surface area contributed by atoms with Gasteiger partial charge in [-0.3, -0.25) is 9.88 Å². The Bertz CT molecular complexity index is 318. The highest BCUT2D eigenvalue weighted by Gasteiger charge is 2.18. The summed E-state index contributed by atoms with van der Waals surface area (Å²) in [5.74, 6) is 0. The molecular formula is C12H19N3O. The Hall–Kier alpha value is -1.13. The minimum atomic E-state index is 0.440. The first-order chi connectivity index (χ1) is 7.78. The second-order valence-electron chi connectivity index (χ2n) is 4.29. The number of nitrogen functional groups attached to an aromatic ring is 1. The van der Waals surface area contributed by atoms with Crippen molar-refractivity contribution < 1.29 is 4.74 Å². The number of likely N-dealkylation sites (tertiary alicyclic amines) is 1. The van der Waals surface area contributed by atoms with Gasteiger partial charge in [0.15, 0.2) is 0 Å². The number of hydrogen-bond donors (Lipinski definition) is 1. The summed E-state index contributed by atoms with van der Waals surface area (Å²) in [5, 5.41) is 0. The van der Waals surface area contributed by atoms with Crippen molar-refractivity contribution in [3.63, 3.8) is 0 Å². The molecule has 16 heavy (non-hydrogen) atoms. The van der Waals surface area contributed by atoms with E-state index in [1.54, 1.807) is 13.3 Å². The molecule has 1 saturated heterocycles. The van der Waals surface area contributed by atoms with Crippen LogP contribution in [0.15, 0.2) is 18.3 Å². The quantitative estimate of drug-likeness (QED) is 0.835. The Morgan fingerprint density at radius 2 is 2.19 bits per heavy atom. The fourth-order valence-electron chi connectivity index (χ4n) is 2.06. The van der Waals surface area contributed by atoms with Crippen molar-refractivity contribution >= 4 is 5.69 Å². The van der Waals surface area contributed by atoms with Gasteiger partial charge in [-0.05, 0) is 25.0 Å². The van der Waals surface area contributed by atoms with Crippen molar-refractivity contribution in [2.24, 2.45) is 0 Å². The van der Waals surface area contributed by atoms with Gasteiger partial charge in [0, 0.05) is 26.7 Å². The van der Waals surface area contributed by atoms with E-state index in [-0.39, 0.29) is 0 Å². The smallest absolute Gasteiger partial charge is 0.0595 e. The van der Waals surface area contributed by atoms with Crippen LogP contribution in [-0.2, 0) is 11.3 Å². The standard InChI is InChI=1S/C12H19N3O/c1-16-12-4-6-15(7-5-12)9-11-3-2-10(13)8-14-11/h2-3,8,12H,4-7,9,13H2,1H3. The molecule has 0 saturated carbocycles. The van der Waals surface area contributed by atoms with E-state index in [0.717, 1.165) is 43.9 Å². The Morgan fingerprint density at radius 1 is 1.44 bits per heavy atom. The number of methoxy groups -OCH3 is 1. The fraction of sp³-hybridized carbons (Fsp3) is 0.583. The van der Waals surface area contributed by atoms with E-state index in [1.165, 1.54) is 0 Å². The van der Waals surface area contributed by atoms with E-state index in [1.807, 2.05) is 12.1 Å². The van der Waals surface area contributed by atoms with Crippen LogP contribution in [0.25, 0.3) is 0 Å². The third-order valence-electron chi connectivity index (χ3n) is 3.10. The summed E-state index contributed by atoms with van der Waals surface area (Å²) >= 11 is 0. The molecule has 0 aliphatic carbocycles. The molecule has 0 atom stereocenters. The van der Waals surface area contributed by atoms with Crippen LogP contribution in [0.4, 0.5) is 5.69 Å². The predicted octanol–water partition coefficient (Wildman–Crippen LogP) is 1.27. The van der Waals surface area contributed by atoms with Crippen LogP contribution >= 0.6 is 0 Å². The molecule has 0 radical (unpaired) electrons. The Morgan fingerprint density at radius 3 is 2.75 bits per heavy atom. The van der Waals surface area contributed by atoms with Gasteiger partial charge in [-0.2, -0.15) is 0 Å². The number of nitrogens with two attached hydrogens (primary N) is 1. The lowest BCUT2D eigenvalue weighted by atomic mass is 10.1. The van der Waals surface area contributed by atoms with Crippen molar-refractivity contribution in [3.05, 3.63) is 24.0 Å². The molecule has 2 heterocycles. The fourth-order valence-corrected chi connectivity index (χ4v) is 2.06. The van der Waals surface area contributed by atoms with Crippen molar-refractivity contribution in [2.45, 2.75) is 25.5 Å². The Labute approximate surface area is 96.4 Å². The summed E-state index contributed by atoms with van der Waals surface area (Å²) in [5.41, 5.74) is 7.42. The molecule has 1 fully saturated rings. The second-order valence-corrected chi connectivity index (χ2v) is 4.29. The summed E-state index contributed by atoms with van der Waals surface area (Å²) in [7, 11) is 1.79. The summed E-state index contributed by atoms with van der Waals surface area (Å²) in [6.07, 6.45) is 4.39. The summed E-state index contributed by atoms with van der Waals surface area (Å²) in [4.78, 5) is 6.72. The molecule has 1 aliphatic heterocycles. The highest BCUT2D eigenvalue weighted by Crippen LogP contribution is 2.15. The Balaban J connectivity index is 1.84. The summed E-state index contributed by atoms with van der Waals surface area (Å²) < 4.78 is 5.35. The molecule has 2 N–H and O–H groups in total. The van der Waals surface area contributed by atoms with Crippen LogP contribution in [-0.4, -0.2) is 36.2 Å². The second kappa shape index (κ2) is 5.27. The molecule has 0 bridgehead atoms. The number of pyridine rings is 1. The van der Waals surface area contributed by atoms with Crippen molar-refractivity contribution in [1.29, 1.82) is 0 Å². The van der Waals surface area contributed by atoms with Crippen LogP contribution in [0.1, 0.15) is 18.5 Å². The minimum Gasteiger partial charge on any atom is -0.397 e. The van der Waals surface area contributed by atoms with E-state index in [4.69, 9.17) is 10.5 Å². The Kier molecular flexibility index (Phi) is 3.74. The first-order valence-corrected chi connectivity index (χ1v) is 5.73. The molecule has 4 nitrogen and oxygen atoms in total. The minimum absolute atomic E-state index is 0.440. The maximum absolute atomic E-state index is 5.60. The third-order valence-corrected chi connectivity index (χ3v) is 3.10. The number of rotatable bonds is 3. The molecule has 88 valence electrons. The third kappa shape index (κ3) is 2.93. The number of hydrogen-bond acceptors (Lipinski definition) is 4. The number of ether oxygens (including phenoxy) is 1. The number of anilines is 1. The van der Waals surface area contributed by atoms with E-state index >= 15 is 0 Å². The average Bonchev–Trinajstić information content (AvgIpc) is 2.33. The van der Waals surface area contributed by atoms with Gasteiger partial charge < -0.3 is 10.5 Å². The van der Waals surface area contributed by atoms with Crippen LogP contribution < -0.4 is 5.73 Å². The van der Waals surface area contributed by atoms with Gasteiger partial charge >= 0.3 is 0 Å². The monoisotopic (exact) mass is 221 g/mol. The predicted molar refractivity (Wildman–Crippen MR) is 64.0 cm³/mol. The zero-order chi connectivity index (χ0) is 11.4. The molecule has 0 amide bonds. The molecule has 1 aliphatic rings. The van der Waals surface area contributed by atoms with Crippen molar-refractivity contribution in [3.8, 4) is 0 Å². The van der Waals surface area contributed by atoms with Crippen LogP contribution in [0.2, 0.25) is 0 Å². The number of piperidine rings is 1. The molecule has 0 spiro atoms. The molecule has 4 heteroatoms. The average molecular weight is 221 g/mol. The van der Waals surface area contributed by atoms with Gasteiger partial charge in [-0.25, -0.2) is 0 Å². The summed E-state index contributed by atoms with van der Waals surface area (Å²) in [6, 6.07) is 3.90. The van der Waals surface area contributed by atoms with Crippen LogP contribution in [0, 0.1) is 0 Å².